The summed E-state index contributed by atoms with van der Waals surface area (Å²) >= 11 is 6.53. The van der Waals surface area contributed by atoms with Gasteiger partial charge in [-0.2, -0.15) is 0 Å². The van der Waals surface area contributed by atoms with E-state index < -0.39 is 0 Å². The number of ether oxygens (including phenoxy) is 2. The SMILES string of the molecule is CCOc1ccc(Cc2cc([C@]34CCC[C@](C)(CC3)O4)ccc2Cl)cc1. The number of benzene rings is 2. The molecule has 2 heterocycles. The molecule has 0 unspecified atom stereocenters. The molecular formula is C23H27ClO2. The van der Waals surface area contributed by atoms with Gasteiger partial charge in [0.15, 0.2) is 0 Å². The molecule has 4 rings (SSSR count). The molecule has 2 nitrogen and oxygen atoms in total. The fraction of sp³-hybridized carbons (Fsp3) is 0.478. The maximum Gasteiger partial charge on any atom is 0.119 e. The monoisotopic (exact) mass is 370 g/mol. The second-order valence-corrected chi connectivity index (χ2v) is 8.37. The molecule has 2 saturated heterocycles. The molecule has 0 spiro atoms. The van der Waals surface area contributed by atoms with Gasteiger partial charge < -0.3 is 9.47 Å². The lowest BCUT2D eigenvalue weighted by atomic mass is 9.85. The molecule has 2 aromatic carbocycles. The molecule has 0 N–H and O–H groups in total. The first kappa shape index (κ1) is 17.9. The summed E-state index contributed by atoms with van der Waals surface area (Å²) < 4.78 is 12.1. The molecule has 0 aromatic heterocycles. The summed E-state index contributed by atoms with van der Waals surface area (Å²) in [6, 6.07) is 14.8. The van der Waals surface area contributed by atoms with E-state index in [1.807, 2.05) is 25.1 Å². The van der Waals surface area contributed by atoms with Gasteiger partial charge in [0.2, 0.25) is 0 Å². The van der Waals surface area contributed by atoms with Crippen molar-refractivity contribution in [3.63, 3.8) is 0 Å². The molecular weight excluding hydrogens is 344 g/mol. The van der Waals surface area contributed by atoms with E-state index in [0.717, 1.165) is 36.5 Å². The normalized spacial score (nSPS) is 27.5. The van der Waals surface area contributed by atoms with Crippen molar-refractivity contribution in [3.8, 4) is 5.75 Å². The summed E-state index contributed by atoms with van der Waals surface area (Å²) in [5.41, 5.74) is 3.67. The molecule has 2 aromatic rings. The van der Waals surface area contributed by atoms with Crippen LogP contribution in [-0.2, 0) is 16.8 Å². The standard InChI is InChI=1S/C23H27ClO2/c1-3-25-20-8-5-17(6-9-20)15-18-16-19(7-10-21(18)24)23-12-4-11-22(2,26-23)13-14-23/h5-10,16H,3-4,11-15H2,1-2H3/t22-,23+/m1/s1. The van der Waals surface area contributed by atoms with E-state index in [4.69, 9.17) is 21.1 Å². The molecule has 26 heavy (non-hydrogen) atoms. The first-order valence-electron chi connectivity index (χ1n) is 9.73. The summed E-state index contributed by atoms with van der Waals surface area (Å²) in [4.78, 5) is 0. The van der Waals surface area contributed by atoms with Gasteiger partial charge in [-0.15, -0.1) is 0 Å². The summed E-state index contributed by atoms with van der Waals surface area (Å²) in [5.74, 6) is 0.913. The first-order chi connectivity index (χ1) is 12.5. The Morgan fingerprint density at radius 1 is 1.04 bits per heavy atom. The molecule has 3 heteroatoms. The quantitative estimate of drug-likeness (QED) is 0.616. The number of fused-ring (bicyclic) bond motifs is 2. The van der Waals surface area contributed by atoms with Gasteiger partial charge in [-0.05, 0) is 87.3 Å². The molecule has 2 aliphatic rings. The maximum atomic E-state index is 6.59. The van der Waals surface area contributed by atoms with E-state index in [1.54, 1.807) is 0 Å². The van der Waals surface area contributed by atoms with Crippen molar-refractivity contribution >= 4 is 11.6 Å². The van der Waals surface area contributed by atoms with Crippen LogP contribution in [0.3, 0.4) is 0 Å². The third-order valence-electron chi connectivity index (χ3n) is 5.99. The van der Waals surface area contributed by atoms with Crippen molar-refractivity contribution in [1.29, 1.82) is 0 Å². The zero-order valence-corrected chi connectivity index (χ0v) is 16.4. The third kappa shape index (κ3) is 3.37. The summed E-state index contributed by atoms with van der Waals surface area (Å²) in [5, 5.41) is 0.829. The van der Waals surface area contributed by atoms with Gasteiger partial charge in [0, 0.05) is 5.02 Å². The van der Waals surface area contributed by atoms with E-state index in [-0.39, 0.29) is 11.2 Å². The Hall–Kier alpha value is -1.51. The van der Waals surface area contributed by atoms with Crippen LogP contribution in [0.1, 0.15) is 62.6 Å². The van der Waals surface area contributed by atoms with E-state index in [0.29, 0.717) is 6.61 Å². The largest absolute Gasteiger partial charge is 0.494 e. The summed E-state index contributed by atoms with van der Waals surface area (Å²) in [6.07, 6.45) is 6.64. The van der Waals surface area contributed by atoms with Crippen LogP contribution in [0.2, 0.25) is 5.02 Å². The van der Waals surface area contributed by atoms with Gasteiger partial charge in [-0.3, -0.25) is 0 Å². The Morgan fingerprint density at radius 3 is 2.62 bits per heavy atom. The lowest BCUT2D eigenvalue weighted by Gasteiger charge is -2.39. The number of hydrogen-bond donors (Lipinski definition) is 0. The molecule has 2 bridgehead atoms. The first-order valence-corrected chi connectivity index (χ1v) is 10.1. The van der Waals surface area contributed by atoms with Crippen molar-refractivity contribution in [2.45, 2.75) is 63.6 Å². The van der Waals surface area contributed by atoms with Crippen molar-refractivity contribution in [1.82, 2.24) is 0 Å². The van der Waals surface area contributed by atoms with Gasteiger partial charge in [-0.25, -0.2) is 0 Å². The Kier molecular flexibility index (Phi) is 4.75. The van der Waals surface area contributed by atoms with Crippen LogP contribution < -0.4 is 4.74 Å². The molecule has 0 radical (unpaired) electrons. The van der Waals surface area contributed by atoms with Gasteiger partial charge in [0.1, 0.15) is 5.75 Å². The zero-order chi connectivity index (χ0) is 18.2. The van der Waals surface area contributed by atoms with Gasteiger partial charge >= 0.3 is 0 Å². The highest BCUT2D eigenvalue weighted by molar-refractivity contribution is 6.31. The number of hydrogen-bond acceptors (Lipinski definition) is 2. The molecule has 138 valence electrons. The Morgan fingerprint density at radius 2 is 1.85 bits per heavy atom. The van der Waals surface area contributed by atoms with Crippen molar-refractivity contribution < 1.29 is 9.47 Å². The molecule has 0 aliphatic carbocycles. The van der Waals surface area contributed by atoms with Crippen molar-refractivity contribution in [2.24, 2.45) is 0 Å². The summed E-state index contributed by atoms with van der Waals surface area (Å²) in [7, 11) is 0. The Labute approximate surface area is 161 Å². The van der Waals surface area contributed by atoms with Crippen LogP contribution in [0.5, 0.6) is 5.75 Å². The summed E-state index contributed by atoms with van der Waals surface area (Å²) in [6.45, 7) is 4.96. The van der Waals surface area contributed by atoms with Crippen LogP contribution in [0.25, 0.3) is 0 Å². The van der Waals surface area contributed by atoms with Crippen molar-refractivity contribution in [3.05, 3.63) is 64.2 Å². The minimum absolute atomic E-state index is 0.0627. The molecule has 2 aliphatic heterocycles. The predicted octanol–water partition coefficient (Wildman–Crippen LogP) is 6.28. The topological polar surface area (TPSA) is 18.5 Å². The van der Waals surface area contributed by atoms with Gasteiger partial charge in [0.05, 0.1) is 17.8 Å². The van der Waals surface area contributed by atoms with E-state index in [2.05, 4.69) is 31.2 Å². The fourth-order valence-corrected chi connectivity index (χ4v) is 4.76. The van der Waals surface area contributed by atoms with Crippen LogP contribution in [-0.4, -0.2) is 12.2 Å². The highest BCUT2D eigenvalue weighted by atomic mass is 35.5. The molecule has 2 atom stereocenters. The highest BCUT2D eigenvalue weighted by Gasteiger charge is 2.50. The number of halogens is 1. The van der Waals surface area contributed by atoms with Crippen molar-refractivity contribution in [2.75, 3.05) is 6.61 Å². The van der Waals surface area contributed by atoms with Gasteiger partial charge in [-0.1, -0.05) is 35.9 Å². The predicted molar refractivity (Wildman–Crippen MR) is 106 cm³/mol. The van der Waals surface area contributed by atoms with Crippen LogP contribution in [0.15, 0.2) is 42.5 Å². The minimum Gasteiger partial charge on any atom is -0.494 e. The van der Waals surface area contributed by atoms with Crippen LogP contribution >= 0.6 is 11.6 Å². The second-order valence-electron chi connectivity index (χ2n) is 7.96. The molecule has 2 fully saturated rings. The smallest absolute Gasteiger partial charge is 0.119 e. The average molecular weight is 371 g/mol. The lowest BCUT2D eigenvalue weighted by molar-refractivity contribution is -0.135. The third-order valence-corrected chi connectivity index (χ3v) is 6.36. The Balaban J connectivity index is 1.59. The zero-order valence-electron chi connectivity index (χ0n) is 15.7. The van der Waals surface area contributed by atoms with Crippen LogP contribution in [0.4, 0.5) is 0 Å². The minimum atomic E-state index is -0.106. The fourth-order valence-electron chi connectivity index (χ4n) is 4.57. The van der Waals surface area contributed by atoms with Crippen LogP contribution in [0, 0.1) is 0 Å². The number of rotatable bonds is 5. The highest BCUT2D eigenvalue weighted by Crippen LogP contribution is 2.53. The van der Waals surface area contributed by atoms with E-state index in [9.17, 15) is 0 Å². The molecule has 0 amide bonds. The second kappa shape index (κ2) is 6.90. The van der Waals surface area contributed by atoms with E-state index in [1.165, 1.54) is 29.5 Å². The van der Waals surface area contributed by atoms with Gasteiger partial charge in [0.25, 0.3) is 0 Å². The maximum absolute atomic E-state index is 6.59. The Bertz CT molecular complexity index is 785. The average Bonchev–Trinajstić information content (AvgIpc) is 2.88. The van der Waals surface area contributed by atoms with E-state index >= 15 is 0 Å². The lowest BCUT2D eigenvalue weighted by Crippen LogP contribution is -2.36. The molecule has 0 saturated carbocycles.